The summed E-state index contributed by atoms with van der Waals surface area (Å²) in [5, 5.41) is 4.72. The minimum Gasteiger partial charge on any atom is -0.496 e. The summed E-state index contributed by atoms with van der Waals surface area (Å²) >= 11 is 5.92. The van der Waals surface area contributed by atoms with Crippen molar-refractivity contribution in [3.63, 3.8) is 0 Å². The molecule has 0 unspecified atom stereocenters. The number of hydrazone groups is 1. The second-order valence-corrected chi connectivity index (χ2v) is 5.33. The van der Waals surface area contributed by atoms with Gasteiger partial charge in [-0.25, -0.2) is 5.43 Å². The van der Waals surface area contributed by atoms with Crippen molar-refractivity contribution in [2.45, 2.75) is 19.8 Å². The number of nitrogens with one attached hydrogen (secondary N) is 1. The van der Waals surface area contributed by atoms with E-state index in [0.29, 0.717) is 16.3 Å². The van der Waals surface area contributed by atoms with E-state index >= 15 is 0 Å². The molecule has 1 N–H and O–H groups in total. The van der Waals surface area contributed by atoms with Crippen LogP contribution in [0.3, 0.4) is 0 Å². The van der Waals surface area contributed by atoms with Crippen molar-refractivity contribution >= 4 is 23.2 Å². The fourth-order valence-corrected chi connectivity index (χ4v) is 2.46. The van der Waals surface area contributed by atoms with Crippen molar-refractivity contribution in [3.05, 3.63) is 28.8 Å². The van der Waals surface area contributed by atoms with Crippen LogP contribution in [0.4, 0.5) is 0 Å². The lowest BCUT2D eigenvalue weighted by Crippen LogP contribution is -2.34. The molecule has 1 aromatic carbocycles. The minimum atomic E-state index is -0.306. The molecule has 21 heavy (non-hydrogen) atoms. The van der Waals surface area contributed by atoms with Gasteiger partial charge in [0, 0.05) is 36.7 Å². The molecule has 5 nitrogen and oxygen atoms in total. The molecule has 1 aliphatic heterocycles. The van der Waals surface area contributed by atoms with Gasteiger partial charge in [-0.3, -0.25) is 4.79 Å². The zero-order valence-electron chi connectivity index (χ0n) is 12.4. The number of halogens is 1. The Morgan fingerprint density at radius 1 is 1.43 bits per heavy atom. The van der Waals surface area contributed by atoms with E-state index in [9.17, 15) is 4.79 Å². The van der Waals surface area contributed by atoms with Gasteiger partial charge in [-0.2, -0.15) is 5.10 Å². The molecule has 1 heterocycles. The molecule has 1 amide bonds. The average Bonchev–Trinajstić information content (AvgIpc) is 2.53. The number of methoxy groups -OCH3 is 1. The number of amides is 1. The molecule has 1 fully saturated rings. The molecule has 2 rings (SSSR count). The van der Waals surface area contributed by atoms with Crippen molar-refractivity contribution in [2.75, 3.05) is 26.7 Å². The van der Waals surface area contributed by atoms with Gasteiger partial charge in [0.15, 0.2) is 0 Å². The van der Waals surface area contributed by atoms with Gasteiger partial charge in [0.25, 0.3) is 5.91 Å². The first-order valence-corrected chi connectivity index (χ1v) is 7.43. The second kappa shape index (κ2) is 7.43. The number of benzene rings is 1. The van der Waals surface area contributed by atoms with Gasteiger partial charge in [-0.1, -0.05) is 18.5 Å². The average molecular weight is 310 g/mol. The van der Waals surface area contributed by atoms with Crippen LogP contribution < -0.4 is 10.2 Å². The Morgan fingerprint density at radius 3 is 2.76 bits per heavy atom. The van der Waals surface area contributed by atoms with Gasteiger partial charge >= 0.3 is 0 Å². The maximum Gasteiger partial charge on any atom is 0.275 e. The Bertz CT molecular complexity index is 536. The van der Waals surface area contributed by atoms with E-state index in [4.69, 9.17) is 16.3 Å². The fraction of sp³-hybridized carbons (Fsp3) is 0.467. The summed E-state index contributed by atoms with van der Waals surface area (Å²) in [7, 11) is 1.52. The van der Waals surface area contributed by atoms with E-state index in [1.165, 1.54) is 7.11 Å². The summed E-state index contributed by atoms with van der Waals surface area (Å²) in [6.45, 7) is 5.19. The van der Waals surface area contributed by atoms with Crippen molar-refractivity contribution in [2.24, 2.45) is 5.10 Å². The molecular formula is C15H20ClN3O2. The third-order valence-corrected chi connectivity index (χ3v) is 3.84. The van der Waals surface area contributed by atoms with Crippen molar-refractivity contribution in [3.8, 4) is 5.75 Å². The van der Waals surface area contributed by atoms with E-state index in [0.717, 1.165) is 38.2 Å². The number of nitrogens with zero attached hydrogens (tertiary/aromatic N) is 2. The molecule has 0 aliphatic carbocycles. The van der Waals surface area contributed by atoms with Crippen LogP contribution in [0.25, 0.3) is 0 Å². The summed E-state index contributed by atoms with van der Waals surface area (Å²) in [6, 6.07) is 4.93. The van der Waals surface area contributed by atoms with Crippen LogP contribution in [0.2, 0.25) is 5.02 Å². The summed E-state index contributed by atoms with van der Waals surface area (Å²) in [6.07, 6.45) is 1.78. The molecule has 0 bridgehead atoms. The Labute approximate surface area is 129 Å². The normalized spacial score (nSPS) is 15.7. The van der Waals surface area contributed by atoms with Gasteiger partial charge < -0.3 is 9.64 Å². The van der Waals surface area contributed by atoms with Crippen molar-refractivity contribution < 1.29 is 9.53 Å². The lowest BCUT2D eigenvalue weighted by atomic mass is 10.1. The van der Waals surface area contributed by atoms with Crippen LogP contribution in [0.1, 0.15) is 30.1 Å². The molecule has 0 spiro atoms. The van der Waals surface area contributed by atoms with Crippen LogP contribution in [-0.2, 0) is 0 Å². The van der Waals surface area contributed by atoms with Crippen LogP contribution >= 0.6 is 11.6 Å². The van der Waals surface area contributed by atoms with E-state index in [-0.39, 0.29) is 5.91 Å². The largest absolute Gasteiger partial charge is 0.496 e. The lowest BCUT2D eigenvalue weighted by Gasteiger charge is -2.25. The first kappa shape index (κ1) is 15.8. The summed E-state index contributed by atoms with van der Waals surface area (Å²) in [5.41, 5.74) is 4.01. The van der Waals surface area contributed by atoms with Crippen molar-refractivity contribution in [1.82, 2.24) is 10.3 Å². The highest BCUT2D eigenvalue weighted by atomic mass is 35.5. The Hall–Kier alpha value is -1.59. The van der Waals surface area contributed by atoms with Crippen LogP contribution in [0.15, 0.2) is 23.3 Å². The third-order valence-electron chi connectivity index (χ3n) is 3.60. The number of hydrogen-bond acceptors (Lipinski definition) is 4. The predicted molar refractivity (Wildman–Crippen MR) is 84.3 cm³/mol. The lowest BCUT2D eigenvalue weighted by molar-refractivity contribution is 0.0951. The zero-order valence-corrected chi connectivity index (χ0v) is 13.1. The molecule has 0 radical (unpaired) electrons. The first-order chi connectivity index (χ1) is 10.1. The van der Waals surface area contributed by atoms with Gasteiger partial charge in [-0.05, 0) is 24.7 Å². The SMILES string of the molecule is CCN1CCC(=NNC(=O)c2cc(Cl)ccc2OC)CC1. The maximum atomic E-state index is 12.2. The molecule has 1 saturated heterocycles. The van der Waals surface area contributed by atoms with Crippen LogP contribution in [0, 0.1) is 0 Å². The summed E-state index contributed by atoms with van der Waals surface area (Å²) in [4.78, 5) is 14.5. The van der Waals surface area contributed by atoms with Gasteiger partial charge in [0.2, 0.25) is 0 Å². The zero-order chi connectivity index (χ0) is 15.2. The Kier molecular flexibility index (Phi) is 5.59. The molecule has 0 aromatic heterocycles. The standard InChI is InChI=1S/C15H20ClN3O2/c1-3-19-8-6-12(7-9-19)17-18-15(20)13-10-11(16)4-5-14(13)21-2/h4-5,10H,3,6-9H2,1-2H3,(H,18,20). The summed E-state index contributed by atoms with van der Waals surface area (Å²) in [5.74, 6) is 0.178. The molecule has 0 atom stereocenters. The van der Waals surface area contributed by atoms with Gasteiger partial charge in [0.05, 0.1) is 12.7 Å². The highest BCUT2D eigenvalue weighted by molar-refractivity contribution is 6.31. The first-order valence-electron chi connectivity index (χ1n) is 7.05. The maximum absolute atomic E-state index is 12.2. The number of carbonyl (C=O) groups excluding carboxylic acids is 1. The topological polar surface area (TPSA) is 53.9 Å². The van der Waals surface area contributed by atoms with Gasteiger partial charge in [0.1, 0.15) is 5.75 Å². The monoisotopic (exact) mass is 309 g/mol. The summed E-state index contributed by atoms with van der Waals surface area (Å²) < 4.78 is 5.17. The number of rotatable bonds is 4. The van der Waals surface area contributed by atoms with Crippen LogP contribution in [-0.4, -0.2) is 43.3 Å². The van der Waals surface area contributed by atoms with Gasteiger partial charge in [-0.15, -0.1) is 0 Å². The quantitative estimate of drug-likeness (QED) is 0.870. The number of piperidine rings is 1. The third kappa shape index (κ3) is 4.19. The van der Waals surface area contributed by atoms with E-state index in [2.05, 4.69) is 22.4 Å². The minimum absolute atomic E-state index is 0.306. The molecule has 0 saturated carbocycles. The van der Waals surface area contributed by atoms with E-state index < -0.39 is 0 Å². The Morgan fingerprint density at radius 2 is 2.14 bits per heavy atom. The molecule has 114 valence electrons. The highest BCUT2D eigenvalue weighted by Gasteiger charge is 2.15. The number of carbonyl (C=O) groups is 1. The molecule has 1 aromatic rings. The second-order valence-electron chi connectivity index (χ2n) is 4.90. The van der Waals surface area contributed by atoms with E-state index in [1.54, 1.807) is 18.2 Å². The number of ether oxygens (including phenoxy) is 1. The molecule has 6 heteroatoms. The van der Waals surface area contributed by atoms with Crippen LogP contribution in [0.5, 0.6) is 5.75 Å². The fourth-order valence-electron chi connectivity index (χ4n) is 2.29. The highest BCUT2D eigenvalue weighted by Crippen LogP contribution is 2.22. The van der Waals surface area contributed by atoms with Crippen molar-refractivity contribution in [1.29, 1.82) is 0 Å². The smallest absolute Gasteiger partial charge is 0.275 e. The number of likely N-dealkylation sites (tertiary alicyclic amines) is 1. The number of hydrogen-bond donors (Lipinski definition) is 1. The predicted octanol–water partition coefficient (Wildman–Crippen LogP) is 2.55. The molecule has 1 aliphatic rings. The Balaban J connectivity index is 2.00. The van der Waals surface area contributed by atoms with E-state index in [1.807, 2.05) is 0 Å². The molecular weight excluding hydrogens is 290 g/mol.